The van der Waals surface area contributed by atoms with Crippen molar-refractivity contribution in [2.45, 2.75) is 32.4 Å². The molecule has 3 rings (SSSR count). The lowest BCUT2D eigenvalue weighted by atomic mass is 9.93. The zero-order valence-corrected chi connectivity index (χ0v) is 11.8. The predicted octanol–water partition coefficient (Wildman–Crippen LogP) is 4.49. The topological polar surface area (TPSA) is 24.1 Å². The fraction of sp³-hybridized carbons (Fsp3) is 0.294. The second kappa shape index (κ2) is 5.16. The number of fused-ring (bicyclic) bond motifs is 1. The highest BCUT2D eigenvalue weighted by Gasteiger charge is 2.24. The van der Waals surface area contributed by atoms with E-state index in [1.807, 2.05) is 6.07 Å². The van der Waals surface area contributed by atoms with E-state index in [2.05, 4.69) is 48.7 Å². The second-order valence-corrected chi connectivity index (χ2v) is 5.58. The van der Waals surface area contributed by atoms with Crippen molar-refractivity contribution in [1.29, 1.82) is 0 Å². The number of benzene rings is 2. The molecule has 0 radical (unpaired) electrons. The van der Waals surface area contributed by atoms with Crippen LogP contribution in [0.2, 0.25) is 0 Å². The van der Waals surface area contributed by atoms with Gasteiger partial charge in [0.1, 0.15) is 5.82 Å². The van der Waals surface area contributed by atoms with Crippen molar-refractivity contribution in [2.24, 2.45) is 0 Å². The summed E-state index contributed by atoms with van der Waals surface area (Å²) in [6.07, 6.45) is 0.935. The SMILES string of the molecule is Cc1ccc(NC2CC(C)Nc3ccc(F)cc32)cc1. The second-order valence-electron chi connectivity index (χ2n) is 5.58. The Morgan fingerprint density at radius 1 is 1.15 bits per heavy atom. The van der Waals surface area contributed by atoms with E-state index in [1.54, 1.807) is 6.07 Å². The van der Waals surface area contributed by atoms with Gasteiger partial charge in [0.2, 0.25) is 0 Å². The van der Waals surface area contributed by atoms with E-state index in [9.17, 15) is 4.39 Å². The molecular formula is C17H19FN2. The Bertz CT molecular complexity index is 607. The van der Waals surface area contributed by atoms with Gasteiger partial charge in [-0.2, -0.15) is 0 Å². The van der Waals surface area contributed by atoms with Crippen molar-refractivity contribution in [2.75, 3.05) is 10.6 Å². The third-order valence-corrected chi connectivity index (χ3v) is 3.77. The molecule has 1 heterocycles. The molecule has 1 aliphatic heterocycles. The fourth-order valence-electron chi connectivity index (χ4n) is 2.75. The molecule has 1 aliphatic rings. The normalized spacial score (nSPS) is 20.9. The van der Waals surface area contributed by atoms with Crippen LogP contribution >= 0.6 is 0 Å². The molecule has 0 spiro atoms. The number of nitrogens with one attached hydrogen (secondary N) is 2. The third kappa shape index (κ3) is 2.62. The summed E-state index contributed by atoms with van der Waals surface area (Å²) in [4.78, 5) is 0. The maximum atomic E-state index is 13.5. The molecule has 0 fully saturated rings. The molecule has 0 aromatic heterocycles. The summed E-state index contributed by atoms with van der Waals surface area (Å²) in [6.45, 7) is 4.22. The molecule has 0 aliphatic carbocycles. The van der Waals surface area contributed by atoms with Crippen LogP contribution in [0, 0.1) is 12.7 Å². The quantitative estimate of drug-likeness (QED) is 0.840. The van der Waals surface area contributed by atoms with Crippen molar-refractivity contribution < 1.29 is 4.39 Å². The van der Waals surface area contributed by atoms with E-state index in [0.29, 0.717) is 6.04 Å². The van der Waals surface area contributed by atoms with Crippen molar-refractivity contribution in [3.63, 3.8) is 0 Å². The van der Waals surface area contributed by atoms with E-state index >= 15 is 0 Å². The minimum Gasteiger partial charge on any atom is -0.382 e. The number of hydrogen-bond donors (Lipinski definition) is 2. The predicted molar refractivity (Wildman–Crippen MR) is 81.6 cm³/mol. The largest absolute Gasteiger partial charge is 0.382 e. The van der Waals surface area contributed by atoms with Gasteiger partial charge in [-0.3, -0.25) is 0 Å². The zero-order chi connectivity index (χ0) is 14.1. The molecule has 2 nitrogen and oxygen atoms in total. The van der Waals surface area contributed by atoms with Crippen molar-refractivity contribution >= 4 is 11.4 Å². The number of hydrogen-bond acceptors (Lipinski definition) is 2. The summed E-state index contributed by atoms with van der Waals surface area (Å²) in [6, 6.07) is 13.8. The summed E-state index contributed by atoms with van der Waals surface area (Å²) in [5, 5.41) is 6.92. The average Bonchev–Trinajstić information content (AvgIpc) is 2.42. The first-order valence-corrected chi connectivity index (χ1v) is 7.01. The molecule has 2 atom stereocenters. The lowest BCUT2D eigenvalue weighted by molar-refractivity contribution is 0.583. The maximum absolute atomic E-state index is 13.5. The fourth-order valence-corrected chi connectivity index (χ4v) is 2.75. The van der Waals surface area contributed by atoms with Gasteiger partial charge in [0.05, 0.1) is 6.04 Å². The molecule has 2 aromatic carbocycles. The first-order valence-electron chi connectivity index (χ1n) is 7.01. The van der Waals surface area contributed by atoms with Gasteiger partial charge in [0.25, 0.3) is 0 Å². The first-order chi connectivity index (χ1) is 9.61. The van der Waals surface area contributed by atoms with Crippen LogP contribution < -0.4 is 10.6 Å². The van der Waals surface area contributed by atoms with E-state index in [4.69, 9.17) is 0 Å². The molecule has 0 saturated carbocycles. The summed E-state index contributed by atoms with van der Waals surface area (Å²) in [5.74, 6) is -0.184. The number of rotatable bonds is 2. The van der Waals surface area contributed by atoms with Crippen LogP contribution in [-0.4, -0.2) is 6.04 Å². The van der Waals surface area contributed by atoms with Gasteiger partial charge in [-0.25, -0.2) is 4.39 Å². The zero-order valence-electron chi connectivity index (χ0n) is 11.8. The number of anilines is 2. The Hall–Kier alpha value is -2.03. The smallest absolute Gasteiger partial charge is 0.123 e. The van der Waals surface area contributed by atoms with E-state index in [-0.39, 0.29) is 11.9 Å². The van der Waals surface area contributed by atoms with E-state index in [1.165, 1.54) is 11.6 Å². The molecule has 2 aromatic rings. The van der Waals surface area contributed by atoms with Gasteiger partial charge in [-0.1, -0.05) is 17.7 Å². The number of aryl methyl sites for hydroxylation is 1. The van der Waals surface area contributed by atoms with Gasteiger partial charge < -0.3 is 10.6 Å². The van der Waals surface area contributed by atoms with Crippen LogP contribution in [0.25, 0.3) is 0 Å². The monoisotopic (exact) mass is 270 g/mol. The van der Waals surface area contributed by atoms with Gasteiger partial charge in [0, 0.05) is 23.0 Å². The molecule has 2 N–H and O–H groups in total. The molecule has 2 unspecified atom stereocenters. The highest BCUT2D eigenvalue weighted by molar-refractivity contribution is 5.58. The van der Waals surface area contributed by atoms with Crippen LogP contribution in [0.4, 0.5) is 15.8 Å². The summed E-state index contributed by atoms with van der Waals surface area (Å²) >= 11 is 0. The standard InChI is InChI=1S/C17H19FN2/c1-11-3-6-14(7-4-11)20-17-9-12(2)19-16-8-5-13(18)10-15(16)17/h3-8,10,12,17,19-20H,9H2,1-2H3. The minimum absolute atomic E-state index is 0.139. The molecule has 104 valence electrons. The number of halogens is 1. The Morgan fingerprint density at radius 3 is 2.65 bits per heavy atom. The van der Waals surface area contributed by atoms with Crippen LogP contribution in [0.3, 0.4) is 0 Å². The van der Waals surface area contributed by atoms with Gasteiger partial charge in [-0.05, 0) is 50.6 Å². The third-order valence-electron chi connectivity index (χ3n) is 3.77. The van der Waals surface area contributed by atoms with Crippen molar-refractivity contribution in [3.8, 4) is 0 Å². The van der Waals surface area contributed by atoms with Crippen LogP contribution in [0.5, 0.6) is 0 Å². The van der Waals surface area contributed by atoms with Crippen LogP contribution in [0.15, 0.2) is 42.5 Å². The first kappa shape index (κ1) is 13.0. The van der Waals surface area contributed by atoms with Crippen LogP contribution in [-0.2, 0) is 0 Å². The van der Waals surface area contributed by atoms with E-state index < -0.39 is 0 Å². The Morgan fingerprint density at radius 2 is 1.90 bits per heavy atom. The lowest BCUT2D eigenvalue weighted by Gasteiger charge is -2.32. The van der Waals surface area contributed by atoms with Gasteiger partial charge >= 0.3 is 0 Å². The van der Waals surface area contributed by atoms with Gasteiger partial charge in [0.15, 0.2) is 0 Å². The van der Waals surface area contributed by atoms with Crippen molar-refractivity contribution in [3.05, 3.63) is 59.4 Å². The van der Waals surface area contributed by atoms with Gasteiger partial charge in [-0.15, -0.1) is 0 Å². The van der Waals surface area contributed by atoms with Crippen LogP contribution in [0.1, 0.15) is 30.5 Å². The maximum Gasteiger partial charge on any atom is 0.123 e. The van der Waals surface area contributed by atoms with E-state index in [0.717, 1.165) is 23.4 Å². The highest BCUT2D eigenvalue weighted by atomic mass is 19.1. The molecule has 0 amide bonds. The lowest BCUT2D eigenvalue weighted by Crippen LogP contribution is -2.29. The Balaban J connectivity index is 1.90. The summed E-state index contributed by atoms with van der Waals surface area (Å²) in [7, 11) is 0. The summed E-state index contributed by atoms with van der Waals surface area (Å²) < 4.78 is 13.5. The molecule has 0 bridgehead atoms. The average molecular weight is 270 g/mol. The molecule has 0 saturated heterocycles. The Kier molecular flexibility index (Phi) is 3.35. The summed E-state index contributed by atoms with van der Waals surface area (Å²) in [5.41, 5.74) is 4.34. The molecular weight excluding hydrogens is 251 g/mol. The minimum atomic E-state index is -0.184. The Labute approximate surface area is 119 Å². The molecule has 20 heavy (non-hydrogen) atoms. The molecule has 3 heteroatoms. The highest BCUT2D eigenvalue weighted by Crippen LogP contribution is 2.35. The van der Waals surface area contributed by atoms with Crippen molar-refractivity contribution in [1.82, 2.24) is 0 Å².